The summed E-state index contributed by atoms with van der Waals surface area (Å²) in [7, 11) is 0. The minimum Gasteiger partial charge on any atom is -0.390 e. The van der Waals surface area contributed by atoms with E-state index in [2.05, 4.69) is 24.5 Å². The lowest BCUT2D eigenvalue weighted by Gasteiger charge is -2.25. The largest absolute Gasteiger partial charge is 0.390 e. The van der Waals surface area contributed by atoms with Crippen molar-refractivity contribution in [3.8, 4) is 0 Å². The second-order valence-electron chi connectivity index (χ2n) is 8.38. The topological polar surface area (TPSA) is 81.7 Å². The first-order valence-corrected chi connectivity index (χ1v) is 12.9. The van der Waals surface area contributed by atoms with Crippen molar-refractivity contribution in [2.45, 2.75) is 71.1 Å². The fourth-order valence-corrected chi connectivity index (χ4v) is 4.53. The van der Waals surface area contributed by atoms with Crippen LogP contribution in [-0.4, -0.2) is 53.6 Å². The maximum Gasteiger partial charge on any atom is 0.222 e. The fraction of sp³-hybridized carbons (Fsp3) is 0.538. The van der Waals surface area contributed by atoms with Gasteiger partial charge in [0.2, 0.25) is 11.8 Å². The summed E-state index contributed by atoms with van der Waals surface area (Å²) in [6, 6.07) is 13.6. The molecule has 0 unspecified atom stereocenters. The van der Waals surface area contributed by atoms with Gasteiger partial charge in [0, 0.05) is 50.3 Å². The van der Waals surface area contributed by atoms with Crippen molar-refractivity contribution in [2.24, 2.45) is 0 Å². The van der Waals surface area contributed by atoms with Crippen molar-refractivity contribution in [3.05, 3.63) is 58.3 Å². The molecule has 2 rings (SSSR count). The van der Waals surface area contributed by atoms with Crippen LogP contribution in [0.4, 0.5) is 0 Å². The van der Waals surface area contributed by atoms with Gasteiger partial charge in [-0.2, -0.15) is 0 Å². The van der Waals surface area contributed by atoms with Crippen LogP contribution < -0.4 is 10.6 Å². The Kier molecular flexibility index (Phi) is 12.8. The molecule has 7 heteroatoms. The Labute approximate surface area is 202 Å². The highest BCUT2D eigenvalue weighted by Gasteiger charge is 2.22. The van der Waals surface area contributed by atoms with Crippen LogP contribution in [0.1, 0.15) is 56.4 Å². The average Bonchev–Trinajstić information content (AvgIpc) is 3.32. The van der Waals surface area contributed by atoms with Crippen molar-refractivity contribution in [2.75, 3.05) is 19.6 Å². The molecule has 3 N–H and O–H groups in total. The zero-order chi connectivity index (χ0) is 23.9. The number of amides is 2. The van der Waals surface area contributed by atoms with Crippen molar-refractivity contribution in [1.29, 1.82) is 0 Å². The summed E-state index contributed by atoms with van der Waals surface area (Å²) in [4.78, 5) is 28.1. The van der Waals surface area contributed by atoms with Crippen molar-refractivity contribution in [1.82, 2.24) is 15.5 Å². The third-order valence-electron chi connectivity index (χ3n) is 5.47. The SMILES string of the molecule is CCCN(CCC)C(=O)CCCC(=O)N[C@@H](Cc1cccs1)[C@H](O)CNCc1ccccc1. The Balaban J connectivity index is 1.83. The molecular weight excluding hydrogens is 434 g/mol. The lowest BCUT2D eigenvalue weighted by molar-refractivity contribution is -0.131. The van der Waals surface area contributed by atoms with Crippen molar-refractivity contribution >= 4 is 23.2 Å². The minimum atomic E-state index is -0.717. The van der Waals surface area contributed by atoms with E-state index in [4.69, 9.17) is 0 Å². The van der Waals surface area contributed by atoms with Crippen molar-refractivity contribution < 1.29 is 14.7 Å². The Morgan fingerprint density at radius 3 is 2.39 bits per heavy atom. The number of nitrogens with one attached hydrogen (secondary N) is 2. The summed E-state index contributed by atoms with van der Waals surface area (Å²) in [5.74, 6) is -0.00391. The molecule has 1 heterocycles. The molecule has 0 fully saturated rings. The highest BCUT2D eigenvalue weighted by Crippen LogP contribution is 2.14. The lowest BCUT2D eigenvalue weighted by Crippen LogP contribution is -2.48. The second kappa shape index (κ2) is 15.6. The Morgan fingerprint density at radius 1 is 1.03 bits per heavy atom. The van der Waals surface area contributed by atoms with E-state index in [1.807, 2.05) is 52.7 Å². The molecule has 0 radical (unpaired) electrons. The van der Waals surface area contributed by atoms with Crippen LogP contribution >= 0.6 is 11.3 Å². The van der Waals surface area contributed by atoms with E-state index in [0.29, 0.717) is 32.4 Å². The number of hydrogen-bond donors (Lipinski definition) is 3. The molecule has 0 saturated carbocycles. The third kappa shape index (κ3) is 10.5. The van der Waals surface area contributed by atoms with Crippen LogP contribution in [0.5, 0.6) is 0 Å². The van der Waals surface area contributed by atoms with E-state index in [0.717, 1.165) is 36.4 Å². The summed E-state index contributed by atoms with van der Waals surface area (Å²) < 4.78 is 0. The van der Waals surface area contributed by atoms with Crippen LogP contribution in [0.15, 0.2) is 47.8 Å². The molecule has 2 atom stereocenters. The number of hydrogen-bond acceptors (Lipinski definition) is 5. The highest BCUT2D eigenvalue weighted by molar-refractivity contribution is 7.09. The number of benzene rings is 1. The summed E-state index contributed by atoms with van der Waals surface area (Å²) in [5, 5.41) is 19.1. The van der Waals surface area contributed by atoms with Crippen LogP contribution in [0, 0.1) is 0 Å². The number of thiophene rings is 1. The van der Waals surface area contributed by atoms with Gasteiger partial charge in [-0.3, -0.25) is 9.59 Å². The van der Waals surface area contributed by atoms with Crippen LogP contribution in [0.2, 0.25) is 0 Å². The van der Waals surface area contributed by atoms with Gasteiger partial charge >= 0.3 is 0 Å². The molecule has 2 amide bonds. The van der Waals surface area contributed by atoms with Gasteiger partial charge in [0.05, 0.1) is 12.1 Å². The summed E-state index contributed by atoms with van der Waals surface area (Å²) in [6.45, 7) is 6.71. The molecule has 0 aliphatic rings. The molecule has 0 aliphatic heterocycles. The van der Waals surface area contributed by atoms with E-state index in [1.54, 1.807) is 11.3 Å². The zero-order valence-electron chi connectivity index (χ0n) is 20.0. The van der Waals surface area contributed by atoms with E-state index in [1.165, 1.54) is 0 Å². The maximum atomic E-state index is 12.6. The number of aliphatic hydroxyl groups is 1. The van der Waals surface area contributed by atoms with Gasteiger partial charge in [0.1, 0.15) is 0 Å². The van der Waals surface area contributed by atoms with Gasteiger partial charge in [-0.15, -0.1) is 11.3 Å². The molecule has 1 aromatic carbocycles. The van der Waals surface area contributed by atoms with Crippen LogP contribution in [-0.2, 0) is 22.6 Å². The lowest BCUT2D eigenvalue weighted by atomic mass is 10.1. The Bertz CT molecular complexity index is 792. The molecule has 0 spiro atoms. The maximum absolute atomic E-state index is 12.6. The van der Waals surface area contributed by atoms with Crippen LogP contribution in [0.3, 0.4) is 0 Å². The van der Waals surface area contributed by atoms with Gasteiger partial charge in [-0.25, -0.2) is 0 Å². The van der Waals surface area contributed by atoms with E-state index >= 15 is 0 Å². The smallest absolute Gasteiger partial charge is 0.222 e. The van der Waals surface area contributed by atoms with E-state index in [9.17, 15) is 14.7 Å². The van der Waals surface area contributed by atoms with E-state index in [-0.39, 0.29) is 24.3 Å². The predicted octanol–water partition coefficient (Wildman–Crippen LogP) is 3.75. The first-order valence-electron chi connectivity index (χ1n) is 12.1. The molecule has 33 heavy (non-hydrogen) atoms. The summed E-state index contributed by atoms with van der Waals surface area (Å²) in [5.41, 5.74) is 1.15. The molecule has 0 saturated heterocycles. The third-order valence-corrected chi connectivity index (χ3v) is 6.37. The average molecular weight is 474 g/mol. The van der Waals surface area contributed by atoms with Crippen LogP contribution in [0.25, 0.3) is 0 Å². The fourth-order valence-electron chi connectivity index (χ4n) is 3.77. The number of carbonyl (C=O) groups is 2. The minimum absolute atomic E-state index is 0.117. The zero-order valence-corrected chi connectivity index (χ0v) is 20.8. The second-order valence-corrected chi connectivity index (χ2v) is 9.41. The normalized spacial score (nSPS) is 12.8. The summed E-state index contributed by atoms with van der Waals surface area (Å²) in [6.07, 6.45) is 2.92. The van der Waals surface area contributed by atoms with Gasteiger partial charge in [0.25, 0.3) is 0 Å². The number of aliphatic hydroxyl groups excluding tert-OH is 1. The molecule has 6 nitrogen and oxygen atoms in total. The predicted molar refractivity (Wildman–Crippen MR) is 135 cm³/mol. The van der Waals surface area contributed by atoms with Gasteiger partial charge in [-0.1, -0.05) is 50.2 Å². The molecule has 0 bridgehead atoms. The number of nitrogens with zero attached hydrogens (tertiary/aromatic N) is 1. The monoisotopic (exact) mass is 473 g/mol. The quantitative estimate of drug-likeness (QED) is 0.347. The Hall–Kier alpha value is -2.22. The molecule has 2 aromatic rings. The first kappa shape index (κ1) is 27.0. The standard InChI is InChI=1S/C26H39N3O3S/c1-3-15-29(16-4-2)26(32)14-8-13-25(31)28-23(18-22-12-9-17-33-22)24(30)20-27-19-21-10-6-5-7-11-21/h5-7,9-12,17,23-24,27,30H,3-4,8,13-16,18-20H2,1-2H3,(H,28,31)/t23-,24+/m0/s1. The van der Waals surface area contributed by atoms with Gasteiger partial charge in [0.15, 0.2) is 0 Å². The highest BCUT2D eigenvalue weighted by atomic mass is 32.1. The molecule has 0 aliphatic carbocycles. The van der Waals surface area contributed by atoms with E-state index < -0.39 is 6.10 Å². The number of carbonyl (C=O) groups excluding carboxylic acids is 2. The first-order chi connectivity index (χ1) is 16.0. The molecular formula is C26H39N3O3S. The Morgan fingerprint density at radius 2 is 1.76 bits per heavy atom. The molecule has 1 aromatic heterocycles. The van der Waals surface area contributed by atoms with Gasteiger partial charge in [-0.05, 0) is 36.3 Å². The van der Waals surface area contributed by atoms with Gasteiger partial charge < -0.3 is 20.6 Å². The molecule has 182 valence electrons. The summed E-state index contributed by atoms with van der Waals surface area (Å²) >= 11 is 1.62. The van der Waals surface area contributed by atoms with Crippen molar-refractivity contribution in [3.63, 3.8) is 0 Å². The number of rotatable bonds is 16.